The standard InChI is InChI=1S/C24H23NO3/c1-27-22-12-11-20(15-23(22)28-16-17-7-3-2-4-8-17)24(26)25-21-13-18-9-5-6-10-19(18)14-21/h2-12,15,21H,13-14,16H2,1H3,(H,25,26). The van der Waals surface area contributed by atoms with Crippen molar-refractivity contribution in [3.05, 3.63) is 95.1 Å². The van der Waals surface area contributed by atoms with Crippen molar-refractivity contribution in [2.75, 3.05) is 7.11 Å². The molecule has 4 heteroatoms. The molecule has 142 valence electrons. The number of amides is 1. The number of hydrogen-bond donors (Lipinski definition) is 1. The normalized spacial score (nSPS) is 13.0. The van der Waals surface area contributed by atoms with Gasteiger partial charge in [0.1, 0.15) is 6.61 Å². The van der Waals surface area contributed by atoms with Gasteiger partial charge in [0.2, 0.25) is 0 Å². The van der Waals surface area contributed by atoms with E-state index in [9.17, 15) is 4.79 Å². The van der Waals surface area contributed by atoms with Crippen LogP contribution in [0.15, 0.2) is 72.8 Å². The highest BCUT2D eigenvalue weighted by atomic mass is 16.5. The molecule has 0 heterocycles. The highest BCUT2D eigenvalue weighted by Crippen LogP contribution is 2.29. The lowest BCUT2D eigenvalue weighted by molar-refractivity contribution is 0.0938. The molecule has 0 unspecified atom stereocenters. The van der Waals surface area contributed by atoms with E-state index in [1.54, 1.807) is 25.3 Å². The van der Waals surface area contributed by atoms with Crippen LogP contribution in [0.4, 0.5) is 0 Å². The minimum atomic E-state index is -0.0926. The maximum Gasteiger partial charge on any atom is 0.251 e. The third-order valence-electron chi connectivity index (χ3n) is 5.05. The van der Waals surface area contributed by atoms with Crippen LogP contribution >= 0.6 is 0 Å². The molecule has 1 aliphatic rings. The van der Waals surface area contributed by atoms with Gasteiger partial charge < -0.3 is 14.8 Å². The molecule has 1 N–H and O–H groups in total. The molecule has 3 aromatic carbocycles. The van der Waals surface area contributed by atoms with Crippen LogP contribution in [-0.2, 0) is 19.4 Å². The van der Waals surface area contributed by atoms with Crippen LogP contribution in [-0.4, -0.2) is 19.1 Å². The van der Waals surface area contributed by atoms with Crippen LogP contribution in [0, 0.1) is 0 Å². The monoisotopic (exact) mass is 373 g/mol. The van der Waals surface area contributed by atoms with E-state index in [2.05, 4.69) is 17.4 Å². The second kappa shape index (κ2) is 8.17. The maximum atomic E-state index is 12.8. The van der Waals surface area contributed by atoms with Crippen LogP contribution in [0.25, 0.3) is 0 Å². The minimum absolute atomic E-state index is 0.0926. The van der Waals surface area contributed by atoms with E-state index < -0.39 is 0 Å². The summed E-state index contributed by atoms with van der Waals surface area (Å²) in [5.74, 6) is 1.08. The quantitative estimate of drug-likeness (QED) is 0.705. The highest BCUT2D eigenvalue weighted by molar-refractivity contribution is 5.95. The van der Waals surface area contributed by atoms with Crippen LogP contribution in [0.5, 0.6) is 11.5 Å². The third-order valence-corrected chi connectivity index (χ3v) is 5.05. The van der Waals surface area contributed by atoms with Crippen LogP contribution in [0.2, 0.25) is 0 Å². The Morgan fingerprint density at radius 1 is 0.929 bits per heavy atom. The summed E-state index contributed by atoms with van der Waals surface area (Å²) in [6.07, 6.45) is 1.74. The van der Waals surface area contributed by atoms with Crippen molar-refractivity contribution in [2.24, 2.45) is 0 Å². The summed E-state index contributed by atoms with van der Waals surface area (Å²) in [6.45, 7) is 0.417. The third kappa shape index (κ3) is 4.01. The van der Waals surface area contributed by atoms with Gasteiger partial charge in [0, 0.05) is 11.6 Å². The number of carbonyl (C=O) groups is 1. The van der Waals surface area contributed by atoms with E-state index in [0.29, 0.717) is 23.7 Å². The summed E-state index contributed by atoms with van der Waals surface area (Å²) < 4.78 is 11.3. The van der Waals surface area contributed by atoms with Gasteiger partial charge in [-0.25, -0.2) is 0 Å². The molecule has 0 aromatic heterocycles. The Hall–Kier alpha value is -3.27. The molecule has 0 atom stereocenters. The van der Waals surface area contributed by atoms with Gasteiger partial charge >= 0.3 is 0 Å². The summed E-state index contributed by atoms with van der Waals surface area (Å²) in [5, 5.41) is 3.15. The molecule has 0 fully saturated rings. The Kier molecular flexibility index (Phi) is 5.29. The van der Waals surface area contributed by atoms with Gasteiger partial charge in [0.25, 0.3) is 5.91 Å². The first-order chi connectivity index (χ1) is 13.7. The van der Waals surface area contributed by atoms with Crippen molar-refractivity contribution in [1.29, 1.82) is 0 Å². The first-order valence-electron chi connectivity index (χ1n) is 9.45. The summed E-state index contributed by atoms with van der Waals surface area (Å²) in [6, 6.07) is 23.7. The predicted octanol–water partition coefficient (Wildman–Crippen LogP) is 4.17. The number of methoxy groups -OCH3 is 1. The Morgan fingerprint density at radius 2 is 1.61 bits per heavy atom. The second-order valence-corrected chi connectivity index (χ2v) is 6.99. The molecule has 4 nitrogen and oxygen atoms in total. The molecule has 0 radical (unpaired) electrons. The molecule has 1 aliphatic carbocycles. The van der Waals surface area contributed by atoms with E-state index >= 15 is 0 Å². The van der Waals surface area contributed by atoms with Gasteiger partial charge in [-0.3, -0.25) is 4.79 Å². The average Bonchev–Trinajstić information content (AvgIpc) is 3.15. The van der Waals surface area contributed by atoms with Gasteiger partial charge in [-0.05, 0) is 47.7 Å². The summed E-state index contributed by atoms with van der Waals surface area (Å²) in [5.41, 5.74) is 4.26. The average molecular weight is 373 g/mol. The highest BCUT2D eigenvalue weighted by Gasteiger charge is 2.23. The van der Waals surface area contributed by atoms with Crippen molar-refractivity contribution in [1.82, 2.24) is 5.32 Å². The molecular formula is C24H23NO3. The molecule has 1 amide bonds. The SMILES string of the molecule is COc1ccc(C(=O)NC2Cc3ccccc3C2)cc1OCc1ccccc1. The molecule has 0 saturated heterocycles. The topological polar surface area (TPSA) is 47.6 Å². The second-order valence-electron chi connectivity index (χ2n) is 6.99. The number of carbonyl (C=O) groups excluding carboxylic acids is 1. The maximum absolute atomic E-state index is 12.8. The van der Waals surface area contributed by atoms with Crippen molar-refractivity contribution in [2.45, 2.75) is 25.5 Å². The summed E-state index contributed by atoms with van der Waals surface area (Å²) in [7, 11) is 1.60. The minimum Gasteiger partial charge on any atom is -0.493 e. The van der Waals surface area contributed by atoms with E-state index in [1.165, 1.54) is 11.1 Å². The molecule has 3 aromatic rings. The van der Waals surface area contributed by atoms with Gasteiger partial charge in [0.05, 0.1) is 7.11 Å². The summed E-state index contributed by atoms with van der Waals surface area (Å²) in [4.78, 5) is 12.8. The van der Waals surface area contributed by atoms with Gasteiger partial charge in [-0.2, -0.15) is 0 Å². The van der Waals surface area contributed by atoms with E-state index in [1.807, 2.05) is 42.5 Å². The van der Waals surface area contributed by atoms with E-state index in [0.717, 1.165) is 18.4 Å². The first kappa shape index (κ1) is 18.1. The van der Waals surface area contributed by atoms with Crippen molar-refractivity contribution < 1.29 is 14.3 Å². The van der Waals surface area contributed by atoms with Gasteiger partial charge in [-0.15, -0.1) is 0 Å². The number of hydrogen-bond acceptors (Lipinski definition) is 3. The molecule has 0 aliphatic heterocycles. The van der Waals surface area contributed by atoms with Crippen LogP contribution in [0.3, 0.4) is 0 Å². The fourth-order valence-corrected chi connectivity index (χ4v) is 3.60. The molecule has 0 spiro atoms. The van der Waals surface area contributed by atoms with Crippen molar-refractivity contribution in [3.63, 3.8) is 0 Å². The molecule has 0 saturated carbocycles. The zero-order chi connectivity index (χ0) is 19.3. The number of rotatable bonds is 6. The first-order valence-corrected chi connectivity index (χ1v) is 9.45. The number of fused-ring (bicyclic) bond motifs is 1. The largest absolute Gasteiger partial charge is 0.493 e. The lowest BCUT2D eigenvalue weighted by Crippen LogP contribution is -2.35. The van der Waals surface area contributed by atoms with Crippen LogP contribution < -0.4 is 14.8 Å². The number of ether oxygens (including phenoxy) is 2. The van der Waals surface area contributed by atoms with Gasteiger partial charge in [0.15, 0.2) is 11.5 Å². The van der Waals surface area contributed by atoms with Crippen molar-refractivity contribution in [3.8, 4) is 11.5 Å². The van der Waals surface area contributed by atoms with Crippen LogP contribution in [0.1, 0.15) is 27.0 Å². The molecular weight excluding hydrogens is 350 g/mol. The molecule has 28 heavy (non-hydrogen) atoms. The lowest BCUT2D eigenvalue weighted by atomic mass is 10.1. The van der Waals surface area contributed by atoms with Gasteiger partial charge in [-0.1, -0.05) is 54.6 Å². The fourth-order valence-electron chi connectivity index (χ4n) is 3.60. The van der Waals surface area contributed by atoms with E-state index in [-0.39, 0.29) is 11.9 Å². The number of benzene rings is 3. The smallest absolute Gasteiger partial charge is 0.251 e. The predicted molar refractivity (Wildman–Crippen MR) is 109 cm³/mol. The molecule has 4 rings (SSSR count). The Morgan fingerprint density at radius 3 is 2.29 bits per heavy atom. The van der Waals surface area contributed by atoms with E-state index in [4.69, 9.17) is 9.47 Å². The zero-order valence-corrected chi connectivity index (χ0v) is 15.9. The Balaban J connectivity index is 1.45. The lowest BCUT2D eigenvalue weighted by Gasteiger charge is -2.15. The van der Waals surface area contributed by atoms with Crippen molar-refractivity contribution >= 4 is 5.91 Å². The molecule has 0 bridgehead atoms. The zero-order valence-electron chi connectivity index (χ0n) is 15.9. The number of nitrogens with one attached hydrogen (secondary N) is 1. The summed E-state index contributed by atoms with van der Waals surface area (Å²) >= 11 is 0. The fraction of sp³-hybridized carbons (Fsp3) is 0.208. The Bertz CT molecular complexity index is 944. The Labute approximate surface area is 165 Å².